The maximum Gasteiger partial charge on any atom is 0.223 e. The zero-order valence-corrected chi connectivity index (χ0v) is 14.7. The van der Waals surface area contributed by atoms with Crippen LogP contribution in [0.5, 0.6) is 0 Å². The van der Waals surface area contributed by atoms with Crippen LogP contribution in [0.3, 0.4) is 0 Å². The highest BCUT2D eigenvalue weighted by molar-refractivity contribution is 7.15. The SMILES string of the molecule is CC(=O)Nc1ncc(CN2CCC(C/C(N)=C/C=C(\N)Cl)C2)s1. The summed E-state index contributed by atoms with van der Waals surface area (Å²) in [5.74, 6) is 0.444. The lowest BCUT2D eigenvalue weighted by atomic mass is 10.0. The number of carbonyl (C=O) groups is 1. The molecule has 1 fully saturated rings. The number of thiazole rings is 1. The number of hydrogen-bond donors (Lipinski definition) is 3. The summed E-state index contributed by atoms with van der Waals surface area (Å²) in [6, 6.07) is 0. The minimum atomic E-state index is -0.0963. The predicted molar refractivity (Wildman–Crippen MR) is 94.8 cm³/mol. The third-order valence-electron chi connectivity index (χ3n) is 3.57. The normalized spacial score (nSPS) is 20.0. The number of amides is 1. The Morgan fingerprint density at radius 1 is 1.57 bits per heavy atom. The first-order valence-corrected chi connectivity index (χ1v) is 8.63. The van der Waals surface area contributed by atoms with Crippen molar-refractivity contribution in [2.45, 2.75) is 26.3 Å². The molecule has 1 aromatic heterocycles. The molecule has 1 amide bonds. The quantitative estimate of drug-likeness (QED) is 0.537. The van der Waals surface area contributed by atoms with Crippen molar-refractivity contribution in [1.82, 2.24) is 9.88 Å². The van der Waals surface area contributed by atoms with Crippen LogP contribution in [-0.4, -0.2) is 28.9 Å². The fraction of sp³-hybridized carbons (Fsp3) is 0.467. The van der Waals surface area contributed by atoms with Crippen LogP contribution < -0.4 is 16.8 Å². The van der Waals surface area contributed by atoms with Gasteiger partial charge in [0, 0.05) is 36.8 Å². The maximum atomic E-state index is 11.0. The van der Waals surface area contributed by atoms with Crippen molar-refractivity contribution in [3.05, 3.63) is 34.1 Å². The molecule has 1 unspecified atom stereocenters. The molecule has 126 valence electrons. The summed E-state index contributed by atoms with van der Waals surface area (Å²) in [6.45, 7) is 4.38. The fourth-order valence-corrected chi connectivity index (χ4v) is 3.58. The van der Waals surface area contributed by atoms with E-state index in [1.54, 1.807) is 12.2 Å². The molecule has 2 heterocycles. The monoisotopic (exact) mass is 355 g/mol. The summed E-state index contributed by atoms with van der Waals surface area (Å²) in [5, 5.41) is 3.60. The van der Waals surface area contributed by atoms with E-state index in [-0.39, 0.29) is 11.1 Å². The third kappa shape index (κ3) is 6.21. The molecular formula is C15H22ClN5OS. The number of nitrogens with one attached hydrogen (secondary N) is 1. The molecule has 0 radical (unpaired) electrons. The van der Waals surface area contributed by atoms with E-state index in [1.165, 1.54) is 18.3 Å². The largest absolute Gasteiger partial charge is 0.402 e. The molecule has 23 heavy (non-hydrogen) atoms. The molecule has 1 aliphatic rings. The number of hydrogen-bond acceptors (Lipinski definition) is 6. The fourth-order valence-electron chi connectivity index (χ4n) is 2.62. The van der Waals surface area contributed by atoms with Crippen LogP contribution in [0.25, 0.3) is 0 Å². The van der Waals surface area contributed by atoms with Gasteiger partial charge in [0.2, 0.25) is 5.91 Å². The van der Waals surface area contributed by atoms with Gasteiger partial charge >= 0.3 is 0 Å². The molecule has 5 N–H and O–H groups in total. The molecule has 0 aromatic carbocycles. The average molecular weight is 356 g/mol. The summed E-state index contributed by atoms with van der Waals surface area (Å²) in [5.41, 5.74) is 12.2. The highest BCUT2D eigenvalue weighted by Gasteiger charge is 2.23. The molecule has 0 bridgehead atoms. The molecule has 0 spiro atoms. The van der Waals surface area contributed by atoms with E-state index in [2.05, 4.69) is 15.2 Å². The van der Waals surface area contributed by atoms with Crippen LogP contribution in [0, 0.1) is 5.92 Å². The summed E-state index contributed by atoms with van der Waals surface area (Å²) < 4.78 is 0. The van der Waals surface area contributed by atoms with Crippen LogP contribution in [0.4, 0.5) is 5.13 Å². The van der Waals surface area contributed by atoms with Crippen molar-refractivity contribution in [3.8, 4) is 0 Å². The second-order valence-electron chi connectivity index (χ2n) is 5.70. The second-order valence-corrected chi connectivity index (χ2v) is 7.25. The van der Waals surface area contributed by atoms with Crippen molar-refractivity contribution >= 4 is 34.0 Å². The van der Waals surface area contributed by atoms with Crippen LogP contribution in [0.2, 0.25) is 0 Å². The Morgan fingerprint density at radius 2 is 2.35 bits per heavy atom. The van der Waals surface area contributed by atoms with E-state index in [4.69, 9.17) is 23.1 Å². The lowest BCUT2D eigenvalue weighted by molar-refractivity contribution is -0.114. The van der Waals surface area contributed by atoms with Gasteiger partial charge in [-0.3, -0.25) is 9.69 Å². The Balaban J connectivity index is 1.81. The van der Waals surface area contributed by atoms with E-state index in [1.807, 2.05) is 6.20 Å². The number of carbonyl (C=O) groups excluding carboxylic acids is 1. The van der Waals surface area contributed by atoms with Crippen molar-refractivity contribution in [3.63, 3.8) is 0 Å². The Labute approximate surface area is 145 Å². The zero-order chi connectivity index (χ0) is 16.8. The predicted octanol–water partition coefficient (Wildman–Crippen LogP) is 2.20. The van der Waals surface area contributed by atoms with Gasteiger partial charge in [0.25, 0.3) is 0 Å². The minimum absolute atomic E-state index is 0.0963. The van der Waals surface area contributed by atoms with Gasteiger partial charge in [0.05, 0.1) is 5.16 Å². The number of rotatable bonds is 6. The molecule has 1 aromatic rings. The van der Waals surface area contributed by atoms with E-state index in [0.29, 0.717) is 11.0 Å². The topological polar surface area (TPSA) is 97.3 Å². The summed E-state index contributed by atoms with van der Waals surface area (Å²) in [7, 11) is 0. The smallest absolute Gasteiger partial charge is 0.223 e. The van der Waals surface area contributed by atoms with Gasteiger partial charge in [-0.25, -0.2) is 4.98 Å². The Hall–Kier alpha value is -1.57. The highest BCUT2D eigenvalue weighted by Crippen LogP contribution is 2.26. The lowest BCUT2D eigenvalue weighted by Crippen LogP contribution is -2.20. The number of likely N-dealkylation sites (tertiary alicyclic amines) is 1. The van der Waals surface area contributed by atoms with Crippen LogP contribution in [-0.2, 0) is 11.3 Å². The van der Waals surface area contributed by atoms with Gasteiger partial charge in [0.1, 0.15) is 0 Å². The standard InChI is InChI=1S/C15H22ClN5OS/c1-10(22)20-15-19-7-13(23-15)9-21-5-4-11(8-21)6-12(17)2-3-14(16)18/h2-3,7,11H,4-6,8-9,17-18H2,1H3,(H,19,20,22)/b12-2-,14-3-. The number of aromatic nitrogens is 1. The minimum Gasteiger partial charge on any atom is -0.402 e. The molecule has 1 saturated heterocycles. The van der Waals surface area contributed by atoms with Gasteiger partial charge in [-0.1, -0.05) is 11.6 Å². The first-order valence-electron chi connectivity index (χ1n) is 7.44. The molecule has 0 aliphatic carbocycles. The second kappa shape index (κ2) is 8.33. The van der Waals surface area contributed by atoms with Gasteiger partial charge in [0.15, 0.2) is 5.13 Å². The number of nitrogens with zero attached hydrogens (tertiary/aromatic N) is 2. The van der Waals surface area contributed by atoms with E-state index >= 15 is 0 Å². The average Bonchev–Trinajstić information content (AvgIpc) is 3.06. The summed E-state index contributed by atoms with van der Waals surface area (Å²) in [4.78, 5) is 18.8. The maximum absolute atomic E-state index is 11.0. The highest BCUT2D eigenvalue weighted by atomic mass is 35.5. The first-order chi connectivity index (χ1) is 10.9. The van der Waals surface area contributed by atoms with Crippen molar-refractivity contribution in [1.29, 1.82) is 0 Å². The molecule has 1 aliphatic heterocycles. The van der Waals surface area contributed by atoms with E-state index < -0.39 is 0 Å². The molecule has 1 atom stereocenters. The van der Waals surface area contributed by atoms with Gasteiger partial charge in [-0.2, -0.15) is 0 Å². The Bertz CT molecular complexity index is 609. The summed E-state index contributed by atoms with van der Waals surface area (Å²) in [6.07, 6.45) is 7.17. The van der Waals surface area contributed by atoms with Gasteiger partial charge in [-0.15, -0.1) is 11.3 Å². The summed E-state index contributed by atoms with van der Waals surface area (Å²) >= 11 is 7.10. The Morgan fingerprint density at radius 3 is 3.04 bits per heavy atom. The zero-order valence-electron chi connectivity index (χ0n) is 13.1. The van der Waals surface area contributed by atoms with Gasteiger partial charge in [-0.05, 0) is 37.5 Å². The number of anilines is 1. The number of halogens is 1. The molecule has 0 saturated carbocycles. The molecule has 2 rings (SSSR count). The van der Waals surface area contributed by atoms with Crippen molar-refractivity contribution < 1.29 is 4.79 Å². The molecule has 8 heteroatoms. The van der Waals surface area contributed by atoms with Crippen LogP contribution in [0.1, 0.15) is 24.6 Å². The van der Waals surface area contributed by atoms with Crippen molar-refractivity contribution in [2.75, 3.05) is 18.4 Å². The van der Waals surface area contributed by atoms with Crippen LogP contribution >= 0.6 is 22.9 Å². The van der Waals surface area contributed by atoms with Gasteiger partial charge < -0.3 is 16.8 Å². The molecule has 6 nitrogen and oxygen atoms in total. The molecular weight excluding hydrogens is 334 g/mol. The van der Waals surface area contributed by atoms with Crippen molar-refractivity contribution in [2.24, 2.45) is 17.4 Å². The van der Waals surface area contributed by atoms with E-state index in [0.717, 1.165) is 43.1 Å². The lowest BCUT2D eigenvalue weighted by Gasteiger charge is -2.14. The third-order valence-corrected chi connectivity index (χ3v) is 4.59. The van der Waals surface area contributed by atoms with Crippen LogP contribution in [0.15, 0.2) is 29.2 Å². The number of allylic oxidation sites excluding steroid dienone is 3. The first kappa shape index (κ1) is 17.8. The number of nitrogens with two attached hydrogens (primary N) is 2. The van der Waals surface area contributed by atoms with E-state index in [9.17, 15) is 4.79 Å². The Kier molecular flexibility index (Phi) is 6.44.